The van der Waals surface area contributed by atoms with Crippen LogP contribution in [0.5, 0.6) is 0 Å². The third kappa shape index (κ3) is 15.9. The Labute approximate surface area is 114 Å². The van der Waals surface area contributed by atoms with E-state index in [1.807, 2.05) is 0 Å². The summed E-state index contributed by atoms with van der Waals surface area (Å²) in [4.78, 5) is 0. The minimum Gasteiger partial charge on any atom is -0.379 e. The molecule has 0 amide bonds. The van der Waals surface area contributed by atoms with Crippen LogP contribution in [0.1, 0.15) is 96.8 Å². The Morgan fingerprint density at radius 1 is 0.667 bits per heavy atom. The summed E-state index contributed by atoms with van der Waals surface area (Å²) in [6, 6.07) is 0. The minimum absolute atomic E-state index is 0.599. The first-order chi connectivity index (χ1) is 8.77. The first-order valence-corrected chi connectivity index (χ1v) is 8.21. The molecule has 0 aliphatic carbocycles. The lowest BCUT2D eigenvalue weighted by atomic mass is 10.0. The van der Waals surface area contributed by atoms with Crippen LogP contribution >= 0.6 is 0 Å². The highest BCUT2D eigenvalue weighted by Gasteiger charge is 1.96. The van der Waals surface area contributed by atoms with E-state index in [0.29, 0.717) is 0 Å². The number of unbranched alkanes of at least 4 members (excludes halogenated alkanes) is 12. The molecule has 0 aliphatic rings. The second-order valence-corrected chi connectivity index (χ2v) is 5.60. The second kappa shape index (κ2) is 15.0. The first kappa shape index (κ1) is 17.9. The zero-order chi connectivity index (χ0) is 13.5. The van der Waals surface area contributed by atoms with Gasteiger partial charge < -0.3 is 10.8 Å². The largest absolute Gasteiger partial charge is 0.379 e. The Bertz CT molecular complexity index is 148. The van der Waals surface area contributed by atoms with Crippen LogP contribution in [0.2, 0.25) is 0 Å². The number of hydrogen-bond donors (Lipinski definition) is 2. The standard InChI is InChI=1S/C16H35NO/c1-2-3-4-5-6-7-8-9-10-11-12-13-14-15-16(17)18/h16,18H,2-15,17H2,1H3/t16-/m1/s1. The SMILES string of the molecule is CCCCCCCCCCCCCCC[C@H](N)O. The van der Waals surface area contributed by atoms with Gasteiger partial charge in [0.2, 0.25) is 0 Å². The predicted octanol–water partition coefficient (Wildman–Crippen LogP) is 4.74. The van der Waals surface area contributed by atoms with Crippen LogP contribution in [-0.4, -0.2) is 11.3 Å². The Morgan fingerprint density at radius 2 is 1.00 bits per heavy atom. The zero-order valence-electron chi connectivity index (χ0n) is 12.5. The third-order valence-electron chi connectivity index (χ3n) is 3.60. The van der Waals surface area contributed by atoms with Crippen molar-refractivity contribution in [2.45, 2.75) is 103 Å². The molecule has 0 aromatic rings. The molecule has 0 spiro atoms. The molecule has 2 heteroatoms. The van der Waals surface area contributed by atoms with Gasteiger partial charge in [0.25, 0.3) is 0 Å². The summed E-state index contributed by atoms with van der Waals surface area (Å²) in [5.74, 6) is 0. The maximum atomic E-state index is 8.91. The summed E-state index contributed by atoms with van der Waals surface area (Å²) in [5, 5.41) is 8.91. The van der Waals surface area contributed by atoms with Crippen molar-refractivity contribution < 1.29 is 5.11 Å². The van der Waals surface area contributed by atoms with E-state index in [1.165, 1.54) is 77.0 Å². The number of nitrogens with two attached hydrogens (primary N) is 1. The summed E-state index contributed by atoms with van der Waals surface area (Å²) in [6.07, 6.45) is 17.9. The Morgan fingerprint density at radius 3 is 1.33 bits per heavy atom. The summed E-state index contributed by atoms with van der Waals surface area (Å²) < 4.78 is 0. The molecule has 0 aromatic carbocycles. The molecular weight excluding hydrogens is 222 g/mol. The molecule has 0 rings (SSSR count). The monoisotopic (exact) mass is 257 g/mol. The highest BCUT2D eigenvalue weighted by molar-refractivity contribution is 4.50. The fraction of sp³-hybridized carbons (Fsp3) is 1.00. The van der Waals surface area contributed by atoms with Gasteiger partial charge in [-0.15, -0.1) is 0 Å². The fourth-order valence-corrected chi connectivity index (χ4v) is 2.37. The molecule has 2 nitrogen and oxygen atoms in total. The minimum atomic E-state index is -0.599. The number of rotatable bonds is 14. The molecule has 3 N–H and O–H groups in total. The van der Waals surface area contributed by atoms with Crippen molar-refractivity contribution in [1.82, 2.24) is 0 Å². The van der Waals surface area contributed by atoms with E-state index in [1.54, 1.807) is 0 Å². The first-order valence-electron chi connectivity index (χ1n) is 8.21. The molecule has 0 bridgehead atoms. The van der Waals surface area contributed by atoms with Gasteiger partial charge in [-0.05, 0) is 12.8 Å². The van der Waals surface area contributed by atoms with Crippen molar-refractivity contribution in [2.24, 2.45) is 5.73 Å². The Balaban J connectivity index is 2.90. The molecule has 0 radical (unpaired) electrons. The second-order valence-electron chi connectivity index (χ2n) is 5.60. The molecule has 0 heterocycles. The normalized spacial score (nSPS) is 12.8. The fourth-order valence-electron chi connectivity index (χ4n) is 2.37. The van der Waals surface area contributed by atoms with E-state index >= 15 is 0 Å². The average Bonchev–Trinajstić information content (AvgIpc) is 2.34. The molecule has 0 fully saturated rings. The molecule has 18 heavy (non-hydrogen) atoms. The molecule has 110 valence electrons. The molecule has 0 unspecified atom stereocenters. The van der Waals surface area contributed by atoms with Crippen molar-refractivity contribution >= 4 is 0 Å². The van der Waals surface area contributed by atoms with Crippen LogP contribution in [0.15, 0.2) is 0 Å². The number of hydrogen-bond acceptors (Lipinski definition) is 2. The lowest BCUT2D eigenvalue weighted by Crippen LogP contribution is -2.17. The van der Waals surface area contributed by atoms with Crippen LogP contribution in [0, 0.1) is 0 Å². The topological polar surface area (TPSA) is 46.2 Å². The van der Waals surface area contributed by atoms with E-state index in [4.69, 9.17) is 10.8 Å². The number of aliphatic hydroxyl groups is 1. The molecule has 0 aromatic heterocycles. The summed E-state index contributed by atoms with van der Waals surface area (Å²) >= 11 is 0. The molecule has 0 saturated heterocycles. The van der Waals surface area contributed by atoms with Gasteiger partial charge in [0.1, 0.15) is 6.23 Å². The van der Waals surface area contributed by atoms with E-state index in [-0.39, 0.29) is 0 Å². The van der Waals surface area contributed by atoms with Crippen LogP contribution in [0.3, 0.4) is 0 Å². The van der Waals surface area contributed by atoms with Crippen LogP contribution in [0.4, 0.5) is 0 Å². The van der Waals surface area contributed by atoms with E-state index < -0.39 is 6.23 Å². The summed E-state index contributed by atoms with van der Waals surface area (Å²) in [7, 11) is 0. The van der Waals surface area contributed by atoms with Crippen molar-refractivity contribution in [3.63, 3.8) is 0 Å². The van der Waals surface area contributed by atoms with Crippen molar-refractivity contribution in [3.8, 4) is 0 Å². The highest BCUT2D eigenvalue weighted by atomic mass is 16.3. The van der Waals surface area contributed by atoms with Gasteiger partial charge >= 0.3 is 0 Å². The zero-order valence-corrected chi connectivity index (χ0v) is 12.5. The van der Waals surface area contributed by atoms with E-state index in [9.17, 15) is 0 Å². The summed E-state index contributed by atoms with van der Waals surface area (Å²) in [6.45, 7) is 2.27. The van der Waals surface area contributed by atoms with Gasteiger partial charge in [-0.2, -0.15) is 0 Å². The summed E-state index contributed by atoms with van der Waals surface area (Å²) in [5.41, 5.74) is 5.29. The van der Waals surface area contributed by atoms with Crippen molar-refractivity contribution in [3.05, 3.63) is 0 Å². The van der Waals surface area contributed by atoms with E-state index in [2.05, 4.69) is 6.92 Å². The van der Waals surface area contributed by atoms with E-state index in [0.717, 1.165) is 12.8 Å². The van der Waals surface area contributed by atoms with Crippen LogP contribution in [0.25, 0.3) is 0 Å². The highest BCUT2D eigenvalue weighted by Crippen LogP contribution is 2.12. The van der Waals surface area contributed by atoms with Crippen LogP contribution < -0.4 is 5.73 Å². The Kier molecular flexibility index (Phi) is 14.9. The van der Waals surface area contributed by atoms with Gasteiger partial charge in [-0.25, -0.2) is 0 Å². The lowest BCUT2D eigenvalue weighted by molar-refractivity contribution is 0.168. The van der Waals surface area contributed by atoms with Gasteiger partial charge in [0.15, 0.2) is 0 Å². The lowest BCUT2D eigenvalue weighted by Gasteiger charge is -2.04. The Hall–Kier alpha value is -0.0800. The van der Waals surface area contributed by atoms with Gasteiger partial charge in [-0.1, -0.05) is 84.0 Å². The molecule has 1 atom stereocenters. The average molecular weight is 257 g/mol. The van der Waals surface area contributed by atoms with Crippen LogP contribution in [-0.2, 0) is 0 Å². The maximum absolute atomic E-state index is 8.91. The van der Waals surface area contributed by atoms with Gasteiger partial charge in [0, 0.05) is 0 Å². The predicted molar refractivity (Wildman–Crippen MR) is 80.5 cm³/mol. The maximum Gasteiger partial charge on any atom is 0.102 e. The molecule has 0 saturated carbocycles. The van der Waals surface area contributed by atoms with Gasteiger partial charge in [-0.3, -0.25) is 0 Å². The third-order valence-corrected chi connectivity index (χ3v) is 3.60. The van der Waals surface area contributed by atoms with Crippen molar-refractivity contribution in [1.29, 1.82) is 0 Å². The molecule has 0 aliphatic heterocycles. The van der Waals surface area contributed by atoms with Crippen molar-refractivity contribution in [2.75, 3.05) is 0 Å². The van der Waals surface area contributed by atoms with Gasteiger partial charge in [0.05, 0.1) is 0 Å². The number of aliphatic hydroxyl groups excluding tert-OH is 1. The smallest absolute Gasteiger partial charge is 0.102 e. The molecular formula is C16H35NO. The quantitative estimate of drug-likeness (QED) is 0.348.